The zero-order chi connectivity index (χ0) is 53.1. The molecule has 6 aromatic rings. The number of hydrogen-bond donors (Lipinski definition) is 4. The Bertz CT molecular complexity index is 2930. The molecule has 2 fully saturated rings. The number of alkyl carbamates (subject to hydrolysis) is 2. The molecule has 15 heteroatoms. The van der Waals surface area contributed by atoms with Gasteiger partial charge in [-0.25, -0.2) is 9.59 Å². The lowest BCUT2D eigenvalue weighted by molar-refractivity contribution is -0.142. The molecule has 4 N–H and O–H groups in total. The maximum absolute atomic E-state index is 13.5. The van der Waals surface area contributed by atoms with Crippen LogP contribution in [-0.4, -0.2) is 80.2 Å². The van der Waals surface area contributed by atoms with Crippen LogP contribution in [0.25, 0.3) is 21.5 Å². The molecule has 15 nitrogen and oxygen atoms in total. The number of ether oxygens (including phenoxy) is 3. The summed E-state index contributed by atoms with van der Waals surface area (Å²) >= 11 is 0. The van der Waals surface area contributed by atoms with Gasteiger partial charge in [-0.2, -0.15) is 0 Å². The van der Waals surface area contributed by atoms with Crippen LogP contribution in [0.4, 0.5) is 9.59 Å². The van der Waals surface area contributed by atoms with Crippen molar-refractivity contribution in [1.29, 1.82) is 0 Å². The van der Waals surface area contributed by atoms with Crippen LogP contribution in [-0.2, 0) is 41.5 Å². The Hall–Kier alpha value is -7.68. The van der Waals surface area contributed by atoms with Gasteiger partial charge in [-0.15, -0.1) is 0 Å². The van der Waals surface area contributed by atoms with Crippen LogP contribution in [0.2, 0.25) is 0 Å². The van der Waals surface area contributed by atoms with E-state index in [4.69, 9.17) is 19.3 Å². The number of carbonyl (C=O) groups excluding carboxylic acids is 5. The van der Waals surface area contributed by atoms with Crippen molar-refractivity contribution in [2.24, 2.45) is 10.8 Å². The van der Waals surface area contributed by atoms with Crippen molar-refractivity contribution in [1.82, 2.24) is 20.6 Å². The zero-order valence-corrected chi connectivity index (χ0v) is 42.8. The molecule has 2 saturated carbocycles. The molecule has 2 aliphatic carbocycles. The average Bonchev–Trinajstić information content (AvgIpc) is 4.27. The Morgan fingerprint density at radius 1 is 0.575 bits per heavy atom. The number of ketones is 2. The Morgan fingerprint density at radius 2 is 0.986 bits per heavy atom. The number of aromatic nitrogens is 2. The Kier molecular flexibility index (Phi) is 17.4. The van der Waals surface area contributed by atoms with Crippen LogP contribution in [0.3, 0.4) is 0 Å². The predicted molar refractivity (Wildman–Crippen MR) is 277 cm³/mol. The van der Waals surface area contributed by atoms with Crippen LogP contribution in [0.1, 0.15) is 115 Å². The number of rotatable bonds is 15. The van der Waals surface area contributed by atoms with E-state index in [-0.39, 0.29) is 60.0 Å². The average molecular weight is 995 g/mol. The van der Waals surface area contributed by atoms with E-state index in [0.29, 0.717) is 5.75 Å². The molecule has 0 bridgehead atoms. The lowest BCUT2D eigenvalue weighted by Crippen LogP contribution is -2.36. The highest BCUT2D eigenvalue weighted by Gasteiger charge is 2.47. The van der Waals surface area contributed by atoms with Crippen LogP contribution >= 0.6 is 0 Å². The van der Waals surface area contributed by atoms with E-state index in [2.05, 4.69) is 20.6 Å². The maximum atomic E-state index is 13.5. The lowest BCUT2D eigenvalue weighted by atomic mass is 9.90. The van der Waals surface area contributed by atoms with Gasteiger partial charge in [0, 0.05) is 61.5 Å². The van der Waals surface area contributed by atoms with Crippen molar-refractivity contribution in [3.63, 3.8) is 0 Å². The van der Waals surface area contributed by atoms with Gasteiger partial charge in [-0.1, -0.05) is 60.7 Å². The summed E-state index contributed by atoms with van der Waals surface area (Å²) in [6.07, 6.45) is 9.68. The standard InChI is InChI=1S/C29H32N2O5.C24H26N2O4.C5H8O2/c1-28(2,3)36-27(34)31-18-24(20-7-9-23(10-8-20)35-26(33)29(4)12-13-29)25(32)16-19-5-6-22-17-30-14-11-21(22)15-19;1-24(2,3)30-23(29)26-15-21(17-6-8-20(27)9-7-17)22(28)13-16-4-5-19-14-25-11-10-18(19)12-16;1-5(2-3-5)4(6)7/h5-11,14-15,17,24H,12-13,16,18H2,1-4H3,(H,31,34);4-12,14,21,27H,13,15H2,1-3H3,(H,26,29);2-3H2,1H3,(H,6,7). The molecule has 73 heavy (non-hydrogen) atoms. The summed E-state index contributed by atoms with van der Waals surface area (Å²) in [6, 6.07) is 28.9. The predicted octanol–water partition coefficient (Wildman–Crippen LogP) is 10.6. The number of aromatic hydroxyl groups is 1. The molecular formula is C58H66N4O11. The fourth-order valence-corrected chi connectivity index (χ4v) is 7.47. The van der Waals surface area contributed by atoms with E-state index in [1.54, 1.807) is 110 Å². The smallest absolute Gasteiger partial charge is 0.407 e. The Morgan fingerprint density at radius 3 is 1.36 bits per heavy atom. The van der Waals surface area contributed by atoms with E-state index in [0.717, 1.165) is 69.5 Å². The van der Waals surface area contributed by atoms with Gasteiger partial charge in [0.15, 0.2) is 0 Å². The molecule has 0 saturated heterocycles. The third-order valence-electron chi connectivity index (χ3n) is 12.4. The molecule has 0 aliphatic heterocycles. The van der Waals surface area contributed by atoms with Gasteiger partial charge in [0.25, 0.3) is 0 Å². The molecule has 384 valence electrons. The monoisotopic (exact) mass is 994 g/mol. The van der Waals surface area contributed by atoms with Crippen molar-refractivity contribution < 1.29 is 53.2 Å². The number of carbonyl (C=O) groups is 6. The summed E-state index contributed by atoms with van der Waals surface area (Å²) in [6.45, 7) is 14.6. The number of aliphatic carboxylic acids is 1. The molecule has 0 radical (unpaired) electrons. The van der Waals surface area contributed by atoms with Crippen molar-refractivity contribution in [3.8, 4) is 11.5 Å². The normalized spacial score (nSPS) is 14.8. The second-order valence-electron chi connectivity index (χ2n) is 21.2. The van der Waals surface area contributed by atoms with E-state index < -0.39 is 41.2 Å². The van der Waals surface area contributed by atoms with Crippen molar-refractivity contribution in [2.45, 2.75) is 117 Å². The minimum absolute atomic E-state index is 0.0369. The van der Waals surface area contributed by atoms with Crippen molar-refractivity contribution in [2.75, 3.05) is 13.1 Å². The van der Waals surface area contributed by atoms with Gasteiger partial charge in [-0.05, 0) is 150 Å². The summed E-state index contributed by atoms with van der Waals surface area (Å²) < 4.78 is 16.1. The number of esters is 1. The highest BCUT2D eigenvalue weighted by molar-refractivity contribution is 5.91. The molecule has 2 atom stereocenters. The van der Waals surface area contributed by atoms with Gasteiger partial charge >= 0.3 is 24.1 Å². The molecular weight excluding hydrogens is 929 g/mol. The molecule has 2 aliphatic rings. The first-order chi connectivity index (χ1) is 34.4. The molecule has 0 spiro atoms. The largest absolute Gasteiger partial charge is 0.508 e. The second-order valence-corrected chi connectivity index (χ2v) is 21.2. The third-order valence-corrected chi connectivity index (χ3v) is 12.4. The van der Waals surface area contributed by atoms with Gasteiger partial charge in [-0.3, -0.25) is 29.1 Å². The van der Waals surface area contributed by atoms with Gasteiger partial charge in [0.1, 0.15) is 34.3 Å². The topological polar surface area (TPSA) is 220 Å². The second kappa shape index (κ2) is 23.2. The number of phenolic OH excluding ortho intramolecular Hbond substituents is 1. The first-order valence-corrected chi connectivity index (χ1v) is 24.4. The summed E-state index contributed by atoms with van der Waals surface area (Å²) in [7, 11) is 0. The van der Waals surface area contributed by atoms with Gasteiger partial charge in [0.05, 0.1) is 22.7 Å². The van der Waals surface area contributed by atoms with Crippen LogP contribution < -0.4 is 15.4 Å². The third kappa shape index (κ3) is 16.7. The fraction of sp³-hybridized carbons (Fsp3) is 0.379. The van der Waals surface area contributed by atoms with Crippen LogP contribution in [0, 0.1) is 10.8 Å². The molecule has 8 rings (SSSR count). The van der Waals surface area contributed by atoms with E-state index >= 15 is 0 Å². The number of carboxylic acids is 1. The first kappa shape index (κ1) is 54.6. The number of benzene rings is 4. The number of pyridine rings is 2. The minimum atomic E-state index is -0.646. The number of hydrogen-bond acceptors (Lipinski definition) is 12. The summed E-state index contributed by atoms with van der Waals surface area (Å²) in [5.74, 6) is -1.57. The molecule has 2 amide bonds. The number of carboxylic acid groups (broad SMARTS) is 1. The molecule has 2 heterocycles. The zero-order valence-electron chi connectivity index (χ0n) is 42.8. The quantitative estimate of drug-likeness (QED) is 0.0556. The lowest BCUT2D eigenvalue weighted by Gasteiger charge is -2.22. The molecule has 2 unspecified atom stereocenters. The Labute approximate surface area is 426 Å². The maximum Gasteiger partial charge on any atom is 0.407 e. The number of Topliss-reactive ketones (excluding diaryl/α,β-unsaturated/α-hetero) is 2. The van der Waals surface area contributed by atoms with Gasteiger partial charge in [0.2, 0.25) is 0 Å². The van der Waals surface area contributed by atoms with E-state index in [1.807, 2.05) is 55.5 Å². The number of nitrogens with zero attached hydrogens (tertiary/aromatic N) is 2. The van der Waals surface area contributed by atoms with Crippen molar-refractivity contribution in [3.05, 3.63) is 144 Å². The van der Waals surface area contributed by atoms with Crippen LogP contribution in [0.5, 0.6) is 11.5 Å². The summed E-state index contributed by atoms with van der Waals surface area (Å²) in [5, 5.41) is 27.4. The van der Waals surface area contributed by atoms with Crippen LogP contribution in [0.15, 0.2) is 122 Å². The number of amides is 2. The molecule has 2 aromatic heterocycles. The number of phenols is 1. The van der Waals surface area contributed by atoms with Gasteiger partial charge < -0.3 is 35.1 Å². The Balaban J connectivity index is 0.000000212. The van der Waals surface area contributed by atoms with E-state index in [9.17, 15) is 33.9 Å². The minimum Gasteiger partial charge on any atom is -0.508 e. The van der Waals surface area contributed by atoms with Crippen molar-refractivity contribution >= 4 is 57.2 Å². The highest BCUT2D eigenvalue weighted by atomic mass is 16.6. The summed E-state index contributed by atoms with van der Waals surface area (Å²) in [4.78, 5) is 81.6. The SMILES string of the molecule is CC(C)(C)OC(=O)NCC(C(=O)Cc1ccc2cnccc2c1)c1ccc(O)cc1.CC(C)(C)OC(=O)NCC(C(=O)Cc1ccc2cnccc2c1)c1ccc(OC(=O)C2(C)CC2)cc1.CC1(C(=O)O)CC1. The summed E-state index contributed by atoms with van der Waals surface area (Å²) in [5.41, 5.74) is 1.22. The number of nitrogens with one attached hydrogen (secondary N) is 2. The number of fused-ring (bicyclic) bond motifs is 2. The molecule has 4 aromatic carbocycles. The highest BCUT2D eigenvalue weighted by Crippen LogP contribution is 2.46. The fourth-order valence-electron chi connectivity index (χ4n) is 7.47. The first-order valence-electron chi connectivity index (χ1n) is 24.4. The van der Waals surface area contributed by atoms with E-state index in [1.165, 1.54) is 12.1 Å².